The van der Waals surface area contributed by atoms with Crippen LogP contribution in [0.2, 0.25) is 5.02 Å². The third kappa shape index (κ3) is 5.61. The molecular formula is C21H22ClFN2O5. The fourth-order valence-corrected chi connectivity index (χ4v) is 3.04. The molecule has 30 heavy (non-hydrogen) atoms. The van der Waals surface area contributed by atoms with Crippen LogP contribution in [0.25, 0.3) is 0 Å². The van der Waals surface area contributed by atoms with E-state index in [4.69, 9.17) is 25.8 Å². The number of hydrogen-bond acceptors (Lipinski definition) is 5. The van der Waals surface area contributed by atoms with Gasteiger partial charge in [-0.05, 0) is 43.3 Å². The standard InChI is InChI=1S/C21H22ClFN2O5/c1-2-29-19-11-14(21(27)24-15-4-5-17(23)16(22)12-15)3-6-18(19)30-13-20(26)25-7-9-28-10-8-25/h3-6,11-12H,2,7-10,13H2,1H3,(H,24,27). The van der Waals surface area contributed by atoms with E-state index in [0.29, 0.717) is 55.7 Å². The van der Waals surface area contributed by atoms with Gasteiger partial charge in [0.15, 0.2) is 18.1 Å². The van der Waals surface area contributed by atoms with E-state index in [-0.39, 0.29) is 17.5 Å². The zero-order valence-electron chi connectivity index (χ0n) is 16.5. The van der Waals surface area contributed by atoms with Gasteiger partial charge in [0, 0.05) is 24.3 Å². The minimum absolute atomic E-state index is 0.0866. The van der Waals surface area contributed by atoms with Crippen LogP contribution in [0.4, 0.5) is 10.1 Å². The van der Waals surface area contributed by atoms with Crippen molar-refractivity contribution < 1.29 is 28.2 Å². The van der Waals surface area contributed by atoms with E-state index in [1.165, 1.54) is 24.3 Å². The molecule has 0 unspecified atom stereocenters. The molecule has 160 valence electrons. The molecule has 1 heterocycles. The summed E-state index contributed by atoms with van der Waals surface area (Å²) in [6.07, 6.45) is 0. The molecule has 1 N–H and O–H groups in total. The Morgan fingerprint density at radius 1 is 1.13 bits per heavy atom. The lowest BCUT2D eigenvalue weighted by Gasteiger charge is -2.26. The number of carbonyl (C=O) groups excluding carboxylic acids is 2. The lowest BCUT2D eigenvalue weighted by atomic mass is 10.1. The average Bonchev–Trinajstić information content (AvgIpc) is 2.76. The molecule has 2 aromatic carbocycles. The summed E-state index contributed by atoms with van der Waals surface area (Å²) in [6, 6.07) is 8.57. The number of hydrogen-bond donors (Lipinski definition) is 1. The monoisotopic (exact) mass is 436 g/mol. The maximum absolute atomic E-state index is 13.3. The van der Waals surface area contributed by atoms with E-state index in [1.54, 1.807) is 24.0 Å². The van der Waals surface area contributed by atoms with Crippen LogP contribution < -0.4 is 14.8 Å². The van der Waals surface area contributed by atoms with E-state index in [9.17, 15) is 14.0 Å². The number of nitrogens with one attached hydrogen (secondary N) is 1. The van der Waals surface area contributed by atoms with Gasteiger partial charge < -0.3 is 24.4 Å². The Balaban J connectivity index is 1.68. The van der Waals surface area contributed by atoms with Crippen molar-refractivity contribution in [1.29, 1.82) is 0 Å². The van der Waals surface area contributed by atoms with Gasteiger partial charge in [0.2, 0.25) is 0 Å². The topological polar surface area (TPSA) is 77.1 Å². The van der Waals surface area contributed by atoms with Crippen molar-refractivity contribution in [3.05, 3.63) is 52.8 Å². The van der Waals surface area contributed by atoms with Crippen molar-refractivity contribution in [2.75, 3.05) is 44.8 Å². The van der Waals surface area contributed by atoms with E-state index >= 15 is 0 Å². The second-order valence-corrected chi connectivity index (χ2v) is 6.87. The number of ether oxygens (including phenoxy) is 3. The Kier molecular flexibility index (Phi) is 7.48. The molecule has 0 spiro atoms. The summed E-state index contributed by atoms with van der Waals surface area (Å²) in [4.78, 5) is 26.5. The average molecular weight is 437 g/mol. The van der Waals surface area contributed by atoms with Crippen molar-refractivity contribution in [3.8, 4) is 11.5 Å². The number of anilines is 1. The van der Waals surface area contributed by atoms with Crippen LogP contribution in [0.3, 0.4) is 0 Å². The first-order valence-corrected chi connectivity index (χ1v) is 9.87. The minimum atomic E-state index is -0.568. The van der Waals surface area contributed by atoms with Gasteiger partial charge in [-0.25, -0.2) is 4.39 Å². The highest BCUT2D eigenvalue weighted by Crippen LogP contribution is 2.29. The molecule has 0 aromatic heterocycles. The Morgan fingerprint density at radius 2 is 1.90 bits per heavy atom. The molecule has 1 aliphatic heterocycles. The second kappa shape index (κ2) is 10.3. The highest BCUT2D eigenvalue weighted by molar-refractivity contribution is 6.31. The lowest BCUT2D eigenvalue weighted by Crippen LogP contribution is -2.43. The zero-order chi connectivity index (χ0) is 21.5. The first kappa shape index (κ1) is 21.9. The Morgan fingerprint density at radius 3 is 2.60 bits per heavy atom. The molecular weight excluding hydrogens is 415 g/mol. The van der Waals surface area contributed by atoms with Crippen LogP contribution in [-0.4, -0.2) is 56.2 Å². The third-order valence-electron chi connectivity index (χ3n) is 4.40. The Labute approximate surface area is 178 Å². The first-order valence-electron chi connectivity index (χ1n) is 9.49. The maximum atomic E-state index is 13.3. The molecule has 0 radical (unpaired) electrons. The van der Waals surface area contributed by atoms with E-state index in [1.807, 2.05) is 0 Å². The smallest absolute Gasteiger partial charge is 0.260 e. The molecule has 0 bridgehead atoms. The summed E-state index contributed by atoms with van der Waals surface area (Å²) in [6.45, 7) is 4.11. The van der Waals surface area contributed by atoms with Crippen molar-refractivity contribution in [1.82, 2.24) is 4.90 Å². The normalized spacial score (nSPS) is 13.6. The van der Waals surface area contributed by atoms with Crippen LogP contribution in [0.1, 0.15) is 17.3 Å². The third-order valence-corrected chi connectivity index (χ3v) is 4.69. The van der Waals surface area contributed by atoms with Crippen molar-refractivity contribution in [2.24, 2.45) is 0 Å². The van der Waals surface area contributed by atoms with Crippen LogP contribution in [0.15, 0.2) is 36.4 Å². The Bertz CT molecular complexity index is 918. The number of rotatable bonds is 7. The van der Waals surface area contributed by atoms with Gasteiger partial charge in [-0.15, -0.1) is 0 Å². The van der Waals surface area contributed by atoms with Gasteiger partial charge in [-0.2, -0.15) is 0 Å². The molecule has 2 amide bonds. The van der Waals surface area contributed by atoms with Crippen LogP contribution in [0.5, 0.6) is 11.5 Å². The first-order chi connectivity index (χ1) is 14.5. The molecule has 9 heteroatoms. The summed E-state index contributed by atoms with van der Waals surface area (Å²) in [5, 5.41) is 2.56. The SMILES string of the molecule is CCOc1cc(C(=O)Nc2ccc(F)c(Cl)c2)ccc1OCC(=O)N1CCOCC1. The molecule has 3 rings (SSSR count). The van der Waals surface area contributed by atoms with Crippen LogP contribution in [-0.2, 0) is 9.53 Å². The van der Waals surface area contributed by atoms with Gasteiger partial charge >= 0.3 is 0 Å². The summed E-state index contributed by atoms with van der Waals surface area (Å²) in [5.41, 5.74) is 0.673. The molecule has 1 fully saturated rings. The number of halogens is 2. The fourth-order valence-electron chi connectivity index (χ4n) is 2.86. The highest BCUT2D eigenvalue weighted by Gasteiger charge is 2.19. The summed E-state index contributed by atoms with van der Waals surface area (Å²) in [7, 11) is 0. The quantitative estimate of drug-likeness (QED) is 0.720. The molecule has 0 saturated carbocycles. The zero-order valence-corrected chi connectivity index (χ0v) is 17.2. The van der Waals surface area contributed by atoms with Gasteiger partial charge in [-0.1, -0.05) is 11.6 Å². The fraction of sp³-hybridized carbons (Fsp3) is 0.333. The van der Waals surface area contributed by atoms with Gasteiger partial charge in [0.25, 0.3) is 11.8 Å². The van der Waals surface area contributed by atoms with Gasteiger partial charge in [0.05, 0.1) is 24.8 Å². The van der Waals surface area contributed by atoms with E-state index < -0.39 is 11.7 Å². The Hall–Kier alpha value is -2.84. The number of morpholine rings is 1. The van der Waals surface area contributed by atoms with E-state index in [0.717, 1.165) is 0 Å². The van der Waals surface area contributed by atoms with Crippen LogP contribution >= 0.6 is 11.6 Å². The molecule has 2 aromatic rings. The van der Waals surface area contributed by atoms with E-state index in [2.05, 4.69) is 5.32 Å². The number of amides is 2. The van der Waals surface area contributed by atoms with Crippen LogP contribution in [0, 0.1) is 5.82 Å². The van der Waals surface area contributed by atoms with Crippen molar-refractivity contribution >= 4 is 29.1 Å². The number of carbonyl (C=O) groups is 2. The highest BCUT2D eigenvalue weighted by atomic mass is 35.5. The summed E-state index contributed by atoms with van der Waals surface area (Å²) >= 11 is 5.75. The van der Waals surface area contributed by atoms with Gasteiger partial charge in [0.1, 0.15) is 5.82 Å². The van der Waals surface area contributed by atoms with Gasteiger partial charge in [-0.3, -0.25) is 9.59 Å². The van der Waals surface area contributed by atoms with Crippen molar-refractivity contribution in [2.45, 2.75) is 6.92 Å². The lowest BCUT2D eigenvalue weighted by molar-refractivity contribution is -0.137. The van der Waals surface area contributed by atoms with Crippen molar-refractivity contribution in [3.63, 3.8) is 0 Å². The summed E-state index contributed by atoms with van der Waals surface area (Å²) in [5.74, 6) is -0.427. The predicted octanol–water partition coefficient (Wildman–Crippen LogP) is 3.37. The molecule has 1 aliphatic rings. The second-order valence-electron chi connectivity index (χ2n) is 6.46. The largest absolute Gasteiger partial charge is 0.490 e. The molecule has 0 aliphatic carbocycles. The summed E-state index contributed by atoms with van der Waals surface area (Å²) < 4.78 is 29.7. The molecule has 1 saturated heterocycles. The molecule has 0 atom stereocenters. The number of benzene rings is 2. The maximum Gasteiger partial charge on any atom is 0.260 e. The molecule has 7 nitrogen and oxygen atoms in total. The predicted molar refractivity (Wildman–Crippen MR) is 110 cm³/mol. The number of nitrogens with zero attached hydrogens (tertiary/aromatic N) is 1. The minimum Gasteiger partial charge on any atom is -0.490 e.